The van der Waals surface area contributed by atoms with E-state index in [-0.39, 0.29) is 29.7 Å². The summed E-state index contributed by atoms with van der Waals surface area (Å²) >= 11 is 0.950. The van der Waals surface area contributed by atoms with E-state index in [9.17, 15) is 9.59 Å². The summed E-state index contributed by atoms with van der Waals surface area (Å²) < 4.78 is 17.6. The molecule has 3 aromatic rings. The molecule has 216 valence electrons. The van der Waals surface area contributed by atoms with Crippen molar-refractivity contribution in [2.24, 2.45) is 0 Å². The molecule has 0 bridgehead atoms. The fourth-order valence-corrected chi connectivity index (χ4v) is 5.23. The third-order valence-electron chi connectivity index (χ3n) is 6.76. The zero-order valence-electron chi connectivity index (χ0n) is 24.7. The smallest absolute Gasteiger partial charge is 0.293 e. The molecule has 7 heteroatoms. The van der Waals surface area contributed by atoms with Gasteiger partial charge in [-0.1, -0.05) is 71.0 Å². The van der Waals surface area contributed by atoms with Crippen LogP contribution in [0, 0.1) is 6.92 Å². The van der Waals surface area contributed by atoms with E-state index >= 15 is 0 Å². The molecule has 0 unspecified atom stereocenters. The monoisotopic (exact) mass is 573 g/mol. The van der Waals surface area contributed by atoms with Crippen molar-refractivity contribution in [1.29, 1.82) is 0 Å². The quantitative estimate of drug-likeness (QED) is 0.171. The fourth-order valence-electron chi connectivity index (χ4n) is 4.37. The second kappa shape index (κ2) is 13.3. The van der Waals surface area contributed by atoms with Gasteiger partial charge in [-0.05, 0) is 88.7 Å². The van der Waals surface area contributed by atoms with Crippen molar-refractivity contribution in [2.75, 3.05) is 26.4 Å². The molecule has 41 heavy (non-hydrogen) atoms. The lowest BCUT2D eigenvalue weighted by Gasteiger charge is -2.19. The predicted octanol–water partition coefficient (Wildman–Crippen LogP) is 7.99. The summed E-state index contributed by atoms with van der Waals surface area (Å²) in [6.45, 7) is 14.1. The lowest BCUT2D eigenvalue weighted by Crippen LogP contribution is -2.32. The van der Waals surface area contributed by atoms with Crippen LogP contribution in [0.4, 0.5) is 4.79 Å². The number of amides is 2. The Bertz CT molecular complexity index is 1390. The van der Waals surface area contributed by atoms with Gasteiger partial charge in [-0.25, -0.2) is 0 Å². The van der Waals surface area contributed by atoms with Gasteiger partial charge in [0.15, 0.2) is 0 Å². The van der Waals surface area contributed by atoms with Crippen molar-refractivity contribution < 1.29 is 23.8 Å². The molecule has 0 saturated carbocycles. The van der Waals surface area contributed by atoms with Gasteiger partial charge in [-0.3, -0.25) is 14.5 Å². The summed E-state index contributed by atoms with van der Waals surface area (Å²) in [7, 11) is 0. The van der Waals surface area contributed by atoms with Gasteiger partial charge in [0.25, 0.3) is 11.1 Å². The molecule has 1 saturated heterocycles. The molecule has 0 atom stereocenters. The number of ether oxygens (including phenoxy) is 3. The third kappa shape index (κ3) is 8.17. The zero-order chi connectivity index (χ0) is 29.6. The van der Waals surface area contributed by atoms with Crippen LogP contribution < -0.4 is 14.2 Å². The summed E-state index contributed by atoms with van der Waals surface area (Å²) in [5.74, 6) is 2.33. The number of hydrogen-bond acceptors (Lipinski definition) is 6. The van der Waals surface area contributed by atoms with Crippen LogP contribution in [0.1, 0.15) is 62.8 Å². The number of thioether (sulfide) groups is 1. The first-order valence-electron chi connectivity index (χ1n) is 14.0. The standard InChI is InChI=1S/C34H39NO5S/c1-23(2)29-16-7-24(3)21-30(29)40-18-17-35-32(36)31(41-33(35)37)22-25-8-12-27(13-9-25)38-19-20-39-28-14-10-26(11-15-28)34(4,5)6/h7-16,21-23H,17-20H2,1-6H3/b31-22-. The van der Waals surface area contributed by atoms with Crippen molar-refractivity contribution in [2.45, 2.75) is 52.9 Å². The highest BCUT2D eigenvalue weighted by Crippen LogP contribution is 2.33. The first kappa shape index (κ1) is 30.3. The largest absolute Gasteiger partial charge is 0.491 e. The van der Waals surface area contributed by atoms with Crippen molar-refractivity contribution >= 4 is 29.0 Å². The Labute approximate surface area is 247 Å². The Morgan fingerprint density at radius 2 is 1.44 bits per heavy atom. The van der Waals surface area contributed by atoms with Gasteiger partial charge in [-0.2, -0.15) is 0 Å². The molecule has 0 aromatic heterocycles. The van der Waals surface area contributed by atoms with Crippen LogP contribution in [-0.2, 0) is 10.2 Å². The van der Waals surface area contributed by atoms with Gasteiger partial charge in [0, 0.05) is 0 Å². The molecule has 1 aliphatic rings. The van der Waals surface area contributed by atoms with Crippen molar-refractivity contribution in [3.8, 4) is 17.2 Å². The molecule has 1 aliphatic heterocycles. The topological polar surface area (TPSA) is 65.1 Å². The van der Waals surface area contributed by atoms with Gasteiger partial charge in [0.1, 0.15) is 37.1 Å². The highest BCUT2D eigenvalue weighted by Gasteiger charge is 2.34. The highest BCUT2D eigenvalue weighted by atomic mass is 32.2. The summed E-state index contributed by atoms with van der Waals surface area (Å²) in [6, 6.07) is 21.7. The SMILES string of the molecule is Cc1ccc(C(C)C)c(OCCN2C(=O)S/C(=C\c3ccc(OCCOc4ccc(C(C)(C)C)cc4)cc3)C2=O)c1. The Morgan fingerprint density at radius 3 is 2.02 bits per heavy atom. The number of carbonyl (C=O) groups is 2. The summed E-state index contributed by atoms with van der Waals surface area (Å²) in [5.41, 5.74) is 4.39. The van der Waals surface area contributed by atoms with Crippen LogP contribution in [0.2, 0.25) is 0 Å². The Balaban J connectivity index is 1.25. The lowest BCUT2D eigenvalue weighted by molar-refractivity contribution is -0.123. The molecule has 6 nitrogen and oxygen atoms in total. The minimum Gasteiger partial charge on any atom is -0.491 e. The normalized spacial score (nSPS) is 14.7. The van der Waals surface area contributed by atoms with Gasteiger partial charge < -0.3 is 14.2 Å². The number of nitrogens with zero attached hydrogens (tertiary/aromatic N) is 1. The molecule has 1 heterocycles. The van der Waals surface area contributed by atoms with Gasteiger partial charge >= 0.3 is 0 Å². The van der Waals surface area contributed by atoms with Crippen LogP contribution in [-0.4, -0.2) is 42.4 Å². The van der Waals surface area contributed by atoms with Crippen LogP contribution in [0.3, 0.4) is 0 Å². The third-order valence-corrected chi connectivity index (χ3v) is 7.66. The molecule has 1 fully saturated rings. The van der Waals surface area contributed by atoms with Crippen molar-refractivity contribution in [3.05, 3.63) is 93.9 Å². The first-order valence-corrected chi connectivity index (χ1v) is 14.8. The molecular formula is C34H39NO5S. The molecule has 0 spiro atoms. The first-order chi connectivity index (χ1) is 19.5. The number of rotatable bonds is 11. The van der Waals surface area contributed by atoms with E-state index in [1.807, 2.05) is 49.4 Å². The molecule has 0 radical (unpaired) electrons. The molecule has 0 N–H and O–H groups in total. The Kier molecular flexibility index (Phi) is 9.81. The second-order valence-corrected chi connectivity index (χ2v) is 12.4. The lowest BCUT2D eigenvalue weighted by atomic mass is 9.87. The van der Waals surface area contributed by atoms with E-state index in [1.54, 1.807) is 6.08 Å². The Morgan fingerprint density at radius 1 is 0.829 bits per heavy atom. The molecule has 0 aliphatic carbocycles. The minimum absolute atomic E-state index is 0.108. The maximum atomic E-state index is 12.9. The molecule has 2 amide bonds. The molecule has 3 aromatic carbocycles. The van der Waals surface area contributed by atoms with E-state index in [0.717, 1.165) is 40.0 Å². The van der Waals surface area contributed by atoms with E-state index < -0.39 is 0 Å². The van der Waals surface area contributed by atoms with E-state index in [4.69, 9.17) is 14.2 Å². The highest BCUT2D eigenvalue weighted by molar-refractivity contribution is 8.18. The van der Waals surface area contributed by atoms with Crippen molar-refractivity contribution in [3.63, 3.8) is 0 Å². The van der Waals surface area contributed by atoms with Crippen molar-refractivity contribution in [1.82, 2.24) is 4.90 Å². The average Bonchev–Trinajstić information content (AvgIpc) is 3.19. The number of hydrogen-bond donors (Lipinski definition) is 0. The van der Waals surface area contributed by atoms with E-state index in [1.165, 1.54) is 10.5 Å². The van der Waals surface area contributed by atoms with Crippen LogP contribution in [0.25, 0.3) is 6.08 Å². The fraction of sp³-hybridized carbons (Fsp3) is 0.353. The number of benzene rings is 3. The second-order valence-electron chi connectivity index (χ2n) is 11.4. The predicted molar refractivity (Wildman–Crippen MR) is 166 cm³/mol. The minimum atomic E-state index is -0.301. The van der Waals surface area contributed by atoms with Gasteiger partial charge in [0.05, 0.1) is 11.4 Å². The maximum Gasteiger partial charge on any atom is 0.293 e. The van der Waals surface area contributed by atoms with Crippen LogP contribution in [0.5, 0.6) is 17.2 Å². The number of carbonyl (C=O) groups excluding carboxylic acids is 2. The number of imide groups is 1. The van der Waals surface area contributed by atoms with Crippen LogP contribution >= 0.6 is 11.8 Å². The summed E-state index contributed by atoms with van der Waals surface area (Å²) in [6.07, 6.45) is 1.73. The maximum absolute atomic E-state index is 12.9. The van der Waals surface area contributed by atoms with Gasteiger partial charge in [-0.15, -0.1) is 0 Å². The summed E-state index contributed by atoms with van der Waals surface area (Å²) in [4.78, 5) is 27.1. The molecule has 4 rings (SSSR count). The van der Waals surface area contributed by atoms with E-state index in [2.05, 4.69) is 58.9 Å². The van der Waals surface area contributed by atoms with Gasteiger partial charge in [0.2, 0.25) is 0 Å². The average molecular weight is 574 g/mol. The molecular weight excluding hydrogens is 534 g/mol. The summed E-state index contributed by atoms with van der Waals surface area (Å²) in [5, 5.41) is -0.286. The Hall–Kier alpha value is -3.71. The number of aryl methyl sites for hydroxylation is 1. The zero-order valence-corrected chi connectivity index (χ0v) is 25.5. The van der Waals surface area contributed by atoms with Crippen LogP contribution in [0.15, 0.2) is 71.6 Å². The van der Waals surface area contributed by atoms with E-state index in [0.29, 0.717) is 29.8 Å².